The zero-order valence-electron chi connectivity index (χ0n) is 9.65. The van der Waals surface area contributed by atoms with Crippen molar-refractivity contribution in [2.24, 2.45) is 0 Å². The highest BCUT2D eigenvalue weighted by molar-refractivity contribution is 6.21. The summed E-state index contributed by atoms with van der Waals surface area (Å²) in [5, 5.41) is 2.61. The van der Waals surface area contributed by atoms with Crippen molar-refractivity contribution in [1.82, 2.24) is 4.98 Å². The van der Waals surface area contributed by atoms with E-state index in [0.717, 1.165) is 12.1 Å². The molecule has 0 amide bonds. The lowest BCUT2D eigenvalue weighted by molar-refractivity contribution is 0.662. The van der Waals surface area contributed by atoms with E-state index in [-0.39, 0.29) is 11.3 Å². The zero-order valence-corrected chi connectivity index (χ0v) is 10.4. The average Bonchev–Trinajstić information content (AvgIpc) is 2.36. The molecule has 0 bridgehead atoms. The van der Waals surface area contributed by atoms with Crippen molar-refractivity contribution >= 4 is 22.4 Å². The van der Waals surface area contributed by atoms with Gasteiger partial charge in [0.2, 0.25) is 0 Å². The summed E-state index contributed by atoms with van der Waals surface area (Å²) in [6, 6.07) is 10.4. The van der Waals surface area contributed by atoms with E-state index >= 15 is 0 Å². The van der Waals surface area contributed by atoms with Gasteiger partial charge in [-0.05, 0) is 17.9 Å². The number of fused-ring (bicyclic) bond motifs is 1. The summed E-state index contributed by atoms with van der Waals surface area (Å²) < 4.78 is 0. The lowest BCUT2D eigenvalue weighted by Gasteiger charge is -2.17. The van der Waals surface area contributed by atoms with E-state index in [1.165, 1.54) is 10.8 Å². The molecule has 0 aliphatic rings. The summed E-state index contributed by atoms with van der Waals surface area (Å²) in [5.74, 6) is 0.290. The van der Waals surface area contributed by atoms with Crippen LogP contribution < -0.4 is 0 Å². The second-order valence-electron chi connectivity index (χ2n) is 4.13. The molecular formula is C14H16ClN. The first-order valence-electron chi connectivity index (χ1n) is 5.71. The van der Waals surface area contributed by atoms with Crippen LogP contribution >= 0.6 is 11.6 Å². The smallest absolute Gasteiger partial charge is 0.0524 e. The maximum absolute atomic E-state index is 6.31. The van der Waals surface area contributed by atoms with E-state index < -0.39 is 0 Å². The summed E-state index contributed by atoms with van der Waals surface area (Å²) in [7, 11) is 0. The molecule has 0 radical (unpaired) electrons. The van der Waals surface area contributed by atoms with Crippen molar-refractivity contribution in [3.05, 3.63) is 42.2 Å². The summed E-state index contributed by atoms with van der Waals surface area (Å²) >= 11 is 6.31. The van der Waals surface area contributed by atoms with Crippen molar-refractivity contribution in [2.75, 3.05) is 0 Å². The lowest BCUT2D eigenvalue weighted by atomic mass is 9.96. The van der Waals surface area contributed by atoms with Crippen LogP contribution in [0.4, 0.5) is 0 Å². The third kappa shape index (κ3) is 2.05. The Bertz CT molecular complexity index is 476. The third-order valence-electron chi connectivity index (χ3n) is 3.07. The van der Waals surface area contributed by atoms with Gasteiger partial charge in [0.05, 0.1) is 5.69 Å². The topological polar surface area (TPSA) is 12.9 Å². The maximum Gasteiger partial charge on any atom is 0.0524 e. The van der Waals surface area contributed by atoms with Gasteiger partial charge in [-0.1, -0.05) is 38.1 Å². The van der Waals surface area contributed by atoms with E-state index in [0.29, 0.717) is 0 Å². The molecule has 1 aromatic carbocycles. The van der Waals surface area contributed by atoms with E-state index in [9.17, 15) is 0 Å². The van der Waals surface area contributed by atoms with Crippen molar-refractivity contribution < 1.29 is 0 Å². The quantitative estimate of drug-likeness (QED) is 0.718. The molecule has 0 spiro atoms. The molecule has 1 aromatic heterocycles. The van der Waals surface area contributed by atoms with Crippen LogP contribution in [-0.4, -0.2) is 10.4 Å². The van der Waals surface area contributed by atoms with Crippen LogP contribution in [0.2, 0.25) is 0 Å². The normalized spacial score (nSPS) is 14.9. The van der Waals surface area contributed by atoms with Crippen molar-refractivity contribution in [3.63, 3.8) is 0 Å². The summed E-state index contributed by atoms with van der Waals surface area (Å²) in [6.45, 7) is 4.26. The Morgan fingerprint density at radius 1 is 1.25 bits per heavy atom. The molecule has 84 valence electrons. The predicted molar refractivity (Wildman–Crippen MR) is 70.1 cm³/mol. The van der Waals surface area contributed by atoms with Crippen molar-refractivity contribution in [3.8, 4) is 0 Å². The molecule has 16 heavy (non-hydrogen) atoms. The standard InChI is InChI=1S/C14H16ClN/c1-3-13(15)10(2)14-12-7-5-4-6-11(12)8-9-16-14/h4-10,13H,3H2,1-2H3. The lowest BCUT2D eigenvalue weighted by Crippen LogP contribution is -2.10. The molecule has 0 N–H and O–H groups in total. The summed E-state index contributed by atoms with van der Waals surface area (Å²) in [4.78, 5) is 4.49. The minimum Gasteiger partial charge on any atom is -0.260 e. The van der Waals surface area contributed by atoms with Crippen molar-refractivity contribution in [2.45, 2.75) is 31.6 Å². The number of rotatable bonds is 3. The van der Waals surface area contributed by atoms with Crippen LogP contribution in [0, 0.1) is 0 Å². The van der Waals surface area contributed by atoms with Crippen LogP contribution in [-0.2, 0) is 0 Å². The Hall–Kier alpha value is -1.08. The van der Waals surface area contributed by atoms with E-state index in [4.69, 9.17) is 11.6 Å². The van der Waals surface area contributed by atoms with Crippen LogP contribution in [0.15, 0.2) is 36.5 Å². The Morgan fingerprint density at radius 2 is 2.00 bits per heavy atom. The number of hydrogen-bond acceptors (Lipinski definition) is 1. The highest BCUT2D eigenvalue weighted by Gasteiger charge is 2.17. The van der Waals surface area contributed by atoms with Gasteiger partial charge in [-0.15, -0.1) is 11.6 Å². The van der Waals surface area contributed by atoms with Crippen LogP contribution in [0.5, 0.6) is 0 Å². The molecule has 0 fully saturated rings. The molecule has 2 unspecified atom stereocenters. The average molecular weight is 234 g/mol. The van der Waals surface area contributed by atoms with Gasteiger partial charge in [0, 0.05) is 22.9 Å². The Labute approximate surface area is 101 Å². The van der Waals surface area contributed by atoms with E-state index in [1.807, 2.05) is 12.3 Å². The van der Waals surface area contributed by atoms with Crippen LogP contribution in [0.1, 0.15) is 31.9 Å². The molecule has 0 aliphatic carbocycles. The van der Waals surface area contributed by atoms with Crippen LogP contribution in [0.3, 0.4) is 0 Å². The summed E-state index contributed by atoms with van der Waals surface area (Å²) in [6.07, 6.45) is 2.83. The molecule has 2 rings (SSSR count). The number of halogens is 1. The van der Waals surface area contributed by atoms with Gasteiger partial charge >= 0.3 is 0 Å². The first-order chi connectivity index (χ1) is 7.74. The summed E-state index contributed by atoms with van der Waals surface area (Å²) in [5.41, 5.74) is 1.11. The Morgan fingerprint density at radius 3 is 2.75 bits per heavy atom. The highest BCUT2D eigenvalue weighted by atomic mass is 35.5. The van der Waals surface area contributed by atoms with Gasteiger partial charge in [0.15, 0.2) is 0 Å². The zero-order chi connectivity index (χ0) is 11.5. The van der Waals surface area contributed by atoms with Crippen LogP contribution in [0.25, 0.3) is 10.8 Å². The Kier molecular flexibility index (Phi) is 3.45. The molecule has 2 heteroatoms. The number of alkyl halides is 1. The second-order valence-corrected chi connectivity index (χ2v) is 4.69. The molecule has 0 saturated carbocycles. The van der Waals surface area contributed by atoms with E-state index in [1.54, 1.807) is 0 Å². The Balaban J connectivity index is 2.52. The number of aromatic nitrogens is 1. The van der Waals surface area contributed by atoms with Gasteiger partial charge in [-0.3, -0.25) is 4.98 Å². The molecule has 0 saturated heterocycles. The highest BCUT2D eigenvalue weighted by Crippen LogP contribution is 2.29. The van der Waals surface area contributed by atoms with Gasteiger partial charge < -0.3 is 0 Å². The fraction of sp³-hybridized carbons (Fsp3) is 0.357. The number of hydrogen-bond donors (Lipinski definition) is 0. The first-order valence-corrected chi connectivity index (χ1v) is 6.15. The fourth-order valence-corrected chi connectivity index (χ4v) is 2.15. The second kappa shape index (κ2) is 4.84. The maximum atomic E-state index is 6.31. The monoisotopic (exact) mass is 233 g/mol. The molecule has 2 atom stereocenters. The largest absolute Gasteiger partial charge is 0.260 e. The molecule has 2 aromatic rings. The number of nitrogens with zero attached hydrogens (tertiary/aromatic N) is 1. The van der Waals surface area contributed by atoms with Crippen molar-refractivity contribution in [1.29, 1.82) is 0 Å². The first kappa shape index (κ1) is 11.4. The van der Waals surface area contributed by atoms with Gasteiger partial charge in [-0.2, -0.15) is 0 Å². The third-order valence-corrected chi connectivity index (χ3v) is 3.75. The molecule has 1 nitrogen and oxygen atoms in total. The minimum atomic E-state index is 0.151. The number of pyridine rings is 1. The van der Waals surface area contributed by atoms with Gasteiger partial charge in [0.25, 0.3) is 0 Å². The SMILES string of the molecule is CCC(Cl)C(C)c1nccc2ccccc12. The minimum absolute atomic E-state index is 0.151. The number of benzene rings is 1. The molecular weight excluding hydrogens is 218 g/mol. The van der Waals surface area contributed by atoms with E-state index in [2.05, 4.69) is 43.1 Å². The van der Waals surface area contributed by atoms with Gasteiger partial charge in [-0.25, -0.2) is 0 Å². The molecule has 1 heterocycles. The van der Waals surface area contributed by atoms with Gasteiger partial charge in [0.1, 0.15) is 0 Å². The fourth-order valence-electron chi connectivity index (χ4n) is 2.03. The molecule has 0 aliphatic heterocycles. The predicted octanol–water partition coefficient (Wildman–Crippen LogP) is 4.36.